The first-order chi connectivity index (χ1) is 52.2. The number of nitrogen functional groups attached to an aromatic ring is 1. The zero-order chi connectivity index (χ0) is 82.7. The van der Waals surface area contributed by atoms with E-state index in [2.05, 4.69) is 44.9 Å². The number of rotatable bonds is 20. The van der Waals surface area contributed by atoms with E-state index in [0.29, 0.717) is 47.1 Å². The maximum atomic E-state index is 14.5. The number of nitrogens with two attached hydrogens (primary N) is 1. The average Bonchev–Trinajstić information content (AvgIpc) is 1.64. The summed E-state index contributed by atoms with van der Waals surface area (Å²) in [5.74, 6) is -9.40. The molecule has 0 amide bonds. The topological polar surface area (TPSA) is 440 Å². The number of aromatic nitrogens is 4. The summed E-state index contributed by atoms with van der Waals surface area (Å²) in [5.41, 5.74) is 8.44. The van der Waals surface area contributed by atoms with Crippen LogP contribution in [0, 0.1) is 49.3 Å². The van der Waals surface area contributed by atoms with Crippen molar-refractivity contribution in [2.75, 3.05) is 46.7 Å². The van der Waals surface area contributed by atoms with Crippen LogP contribution in [0.1, 0.15) is 120 Å². The van der Waals surface area contributed by atoms with Crippen LogP contribution in [-0.4, -0.2) is 126 Å². The van der Waals surface area contributed by atoms with E-state index < -0.39 is 120 Å². The van der Waals surface area contributed by atoms with Crippen molar-refractivity contribution in [3.8, 4) is 22.3 Å². The highest BCUT2D eigenvalue weighted by atomic mass is 35.7. The molecule has 0 unspecified atom stereocenters. The quantitative estimate of drug-likeness (QED) is 0.00708. The van der Waals surface area contributed by atoms with Gasteiger partial charge in [-0.2, -0.15) is 0 Å². The Bertz CT molecular complexity index is 5560. The lowest BCUT2D eigenvalue weighted by molar-refractivity contribution is -0.385. The Morgan fingerprint density at radius 3 is 1.30 bits per heavy atom. The number of benzene rings is 7. The molecular weight excluding hydrogens is 1630 g/mol. The molecule has 11 aromatic rings. The predicted octanol–water partition coefficient (Wildman–Crippen LogP) is 18.0. The fourth-order valence-electron chi connectivity index (χ4n) is 9.13. The van der Waals surface area contributed by atoms with Gasteiger partial charge >= 0.3 is 23.9 Å². The number of hydrogen-bond donors (Lipinski definition) is 7. The first-order valence-electron chi connectivity index (χ1n) is 31.8. The minimum Gasteiger partial charge on any atom is -0.478 e. The number of pyridine rings is 2. The molecule has 0 atom stereocenters. The van der Waals surface area contributed by atoms with Crippen molar-refractivity contribution < 1.29 is 101 Å². The van der Waals surface area contributed by atoms with Crippen molar-refractivity contribution in [2.45, 2.75) is 62.3 Å². The van der Waals surface area contributed by atoms with Gasteiger partial charge in [0.05, 0.1) is 58.0 Å². The van der Waals surface area contributed by atoms with Crippen LogP contribution < -0.4 is 15.2 Å². The number of nitrogens with zero attached hydrogens (tertiary/aromatic N) is 4. The third kappa shape index (κ3) is 30.3. The lowest BCUT2D eigenvalue weighted by Gasteiger charge is -2.09. The second-order valence-corrected chi connectivity index (χ2v) is 29.9. The molecule has 114 heavy (non-hydrogen) atoms. The molecule has 0 bridgehead atoms. The second-order valence-electron chi connectivity index (χ2n) is 22.5. The van der Waals surface area contributed by atoms with E-state index in [0.717, 1.165) is 100 Å². The second kappa shape index (κ2) is 45.5. The molecule has 0 saturated carbocycles. The fourth-order valence-corrected chi connectivity index (χ4v) is 12.6. The van der Waals surface area contributed by atoms with Crippen molar-refractivity contribution in [1.29, 1.82) is 0 Å². The Hall–Kier alpha value is -12.0. The fraction of sp³-hybridized carbons (Fsp3) is 0.187. The molecule has 0 aliphatic heterocycles. The number of fused-ring (bicyclic) bond motifs is 2. The number of esters is 2. The number of carboxylic acids is 2. The van der Waals surface area contributed by atoms with Gasteiger partial charge in [0, 0.05) is 114 Å². The number of halogens is 8. The molecule has 0 aliphatic rings. The van der Waals surface area contributed by atoms with Crippen LogP contribution in [0.2, 0.25) is 10.0 Å². The van der Waals surface area contributed by atoms with E-state index in [-0.39, 0.29) is 73.3 Å². The minimum absolute atomic E-state index is 0. The number of non-ortho nitro benzene ring substituents is 2. The molecule has 11 rings (SSSR count). The van der Waals surface area contributed by atoms with Crippen molar-refractivity contribution in [1.82, 2.24) is 19.9 Å². The summed E-state index contributed by atoms with van der Waals surface area (Å²) >= 11 is 11.8. The zero-order valence-electron chi connectivity index (χ0n) is 58.5. The SMILES string of the molecule is C.C.C.CCCS(=O)(=O)Cl.CCCS(=O)(=O)Nc1ccc(F)c(C(=O)O)c1.CCCS(=O)(=O)Nc1ccc(F)c(C(=O)c2c[nH]c3ncc(-c4ccc(Cl)cc4)cc23)c1.COC(=O)c1cc(N)ccc1F.COC(=O)c1cc([N+](=O)[O-])ccc1F.Clc1ccc(-c2cnc3[nH]ccc3c2)cc1.O=C(O)c1cc([N+](=O)[O-])ccc1F. The van der Waals surface area contributed by atoms with Crippen LogP contribution in [0.5, 0.6) is 0 Å². The van der Waals surface area contributed by atoms with E-state index in [1.54, 1.807) is 45.2 Å². The molecule has 0 aliphatic carbocycles. The Morgan fingerprint density at radius 1 is 0.491 bits per heavy atom. The summed E-state index contributed by atoms with van der Waals surface area (Å²) in [5, 5.41) is 40.6. The van der Waals surface area contributed by atoms with E-state index >= 15 is 0 Å². The van der Waals surface area contributed by atoms with E-state index in [4.69, 9.17) is 49.8 Å². The maximum absolute atomic E-state index is 14.5. The van der Waals surface area contributed by atoms with Crippen LogP contribution in [-0.2, 0) is 38.6 Å². The summed E-state index contributed by atoms with van der Waals surface area (Å²) < 4.78 is 146. The van der Waals surface area contributed by atoms with Gasteiger partial charge in [0.2, 0.25) is 29.1 Å². The summed E-state index contributed by atoms with van der Waals surface area (Å²) in [6, 6.07) is 36.2. The summed E-state index contributed by atoms with van der Waals surface area (Å²) in [6.45, 7) is 5.20. The van der Waals surface area contributed by atoms with Gasteiger partial charge in [0.15, 0.2) is 5.78 Å². The van der Waals surface area contributed by atoms with E-state index in [1.165, 1.54) is 43.6 Å². The number of aromatic carboxylic acids is 2. The third-order valence-corrected chi connectivity index (χ3v) is 19.1. The van der Waals surface area contributed by atoms with Crippen molar-refractivity contribution in [3.63, 3.8) is 0 Å². The average molecular weight is 1710 g/mol. The van der Waals surface area contributed by atoms with E-state index in [1.807, 2.05) is 54.9 Å². The van der Waals surface area contributed by atoms with Crippen molar-refractivity contribution in [3.05, 3.63) is 275 Å². The molecule has 39 heteroatoms. The summed E-state index contributed by atoms with van der Waals surface area (Å²) in [6.07, 6.45) is 8.35. The Morgan fingerprint density at radius 2 is 0.877 bits per heavy atom. The lowest BCUT2D eigenvalue weighted by atomic mass is 10.0. The molecule has 0 spiro atoms. The molecule has 0 saturated heterocycles. The molecule has 7 aromatic carbocycles. The normalized spacial score (nSPS) is 10.4. The number of aromatic amines is 2. The standard InChI is InChI=1S/C23H19ClFN3O3S.C13H9ClN2.C10H12FNO4S.C8H6FNO4.C8H8FNO2.C7H4FNO4.C3H7ClO2S.3CH4/c1-2-9-32(30,31)28-17-7-8-21(25)19(11-17)22(29)20-13-27-23-18(20)10-15(12-26-23)14-3-5-16(24)6-4-14;14-12-3-1-9(2-4-12)11-7-10-5-6-15-13(10)16-8-11;1-2-5-17(15,16)12-7-3-4-9(11)8(6-7)10(13)14;1-14-8(11)6-4-5(10(12)13)2-3-7(6)9;1-12-8(11)6-4-5(10)2-3-7(6)9;8-6-2-1-4(9(12)13)3-5(6)7(10)11;1-2-3-7(4,5)6;;;/h3-8,10-13,28H,2,9H2,1H3,(H,26,27);1-8H,(H,15,16);3-4,6,12H,2,5H2,1H3,(H,13,14);2-4H,1H3;2-4H,10H2,1H3;1-3H,(H,10,11);2-3H2,1H3;3*1H4. The van der Waals surface area contributed by atoms with Gasteiger partial charge in [-0.25, -0.2) is 76.4 Å². The number of anilines is 3. The number of hydrogen-bond acceptors (Lipinski definition) is 20. The molecule has 4 aromatic heterocycles. The Labute approximate surface area is 666 Å². The van der Waals surface area contributed by atoms with Crippen LogP contribution in [0.15, 0.2) is 183 Å². The summed E-state index contributed by atoms with van der Waals surface area (Å²) in [7, 11) is -3.22. The first-order valence-corrected chi connectivity index (χ1v) is 38.3. The van der Waals surface area contributed by atoms with E-state index in [9.17, 15) is 91.4 Å². The Balaban J connectivity index is 0.000000471. The van der Waals surface area contributed by atoms with Gasteiger partial charge in [0.1, 0.15) is 51.5 Å². The van der Waals surface area contributed by atoms with Crippen LogP contribution >= 0.6 is 33.9 Å². The number of methoxy groups -OCH3 is 2. The number of nitro groups is 2. The highest BCUT2D eigenvalue weighted by Gasteiger charge is 2.23. The van der Waals surface area contributed by atoms with Crippen LogP contribution in [0.25, 0.3) is 44.3 Å². The molecule has 4 heterocycles. The van der Waals surface area contributed by atoms with Crippen LogP contribution in [0.3, 0.4) is 0 Å². The highest BCUT2D eigenvalue weighted by molar-refractivity contribution is 8.13. The third-order valence-electron chi connectivity index (χ3n) is 14.2. The zero-order valence-corrected chi connectivity index (χ0v) is 63.2. The monoisotopic (exact) mass is 1700 g/mol. The van der Waals surface area contributed by atoms with Gasteiger partial charge in [0.25, 0.3) is 11.4 Å². The number of nitro benzene ring substituents is 2. The number of carboxylic acid groups (broad SMARTS) is 2. The van der Waals surface area contributed by atoms with Gasteiger partial charge in [-0.3, -0.25) is 34.5 Å². The molecule has 610 valence electrons. The smallest absolute Gasteiger partial charge is 0.341 e. The molecular formula is C75H77Cl3F5N9O19S3. The number of ether oxygens (including phenoxy) is 2. The predicted molar refractivity (Wildman–Crippen MR) is 428 cm³/mol. The largest absolute Gasteiger partial charge is 0.478 e. The number of H-pyrrole nitrogens is 2. The number of carbonyl (C=O) groups is 5. The Kier molecular flexibility index (Phi) is 39.2. The van der Waals surface area contributed by atoms with Crippen LogP contribution in [0.4, 0.5) is 50.4 Å². The number of ketones is 1. The maximum Gasteiger partial charge on any atom is 0.341 e. The van der Waals surface area contributed by atoms with Gasteiger partial charge < -0.3 is 35.4 Å². The van der Waals surface area contributed by atoms with Gasteiger partial charge in [-0.05, 0) is 140 Å². The van der Waals surface area contributed by atoms with Crippen molar-refractivity contribution >= 4 is 143 Å². The lowest BCUT2D eigenvalue weighted by Crippen LogP contribution is -2.16. The van der Waals surface area contributed by atoms with Crippen molar-refractivity contribution in [2.24, 2.45) is 0 Å². The minimum atomic E-state index is -3.58. The first kappa shape index (κ1) is 98.1. The molecule has 0 fully saturated rings. The van der Waals surface area contributed by atoms with Gasteiger partial charge in [-0.1, -0.05) is 90.5 Å². The summed E-state index contributed by atoms with van der Waals surface area (Å²) in [4.78, 5) is 89.7. The number of nitrogens with one attached hydrogen (secondary N) is 4. The number of carbonyl (C=O) groups excluding carboxylic acids is 3. The number of sulfonamides is 2. The molecule has 8 N–H and O–H groups in total. The highest BCUT2D eigenvalue weighted by Crippen LogP contribution is 2.30. The molecule has 0 radical (unpaired) electrons. The van der Waals surface area contributed by atoms with Gasteiger partial charge in [-0.15, -0.1) is 0 Å². The molecule has 28 nitrogen and oxygen atoms in total.